The van der Waals surface area contributed by atoms with Crippen molar-refractivity contribution < 1.29 is 5.11 Å². The smallest absolute Gasteiger partial charge is 0.0521 e. The Bertz CT molecular complexity index is 103. The van der Waals surface area contributed by atoms with Crippen LogP contribution in [0.4, 0.5) is 0 Å². The quantitative estimate of drug-likeness (QED) is 0.478. The van der Waals surface area contributed by atoms with Crippen LogP contribution in [0, 0.1) is 0 Å². The second kappa shape index (κ2) is 15.3. The van der Waals surface area contributed by atoms with Crippen LogP contribution >= 0.6 is 11.8 Å². The van der Waals surface area contributed by atoms with Gasteiger partial charge in [0.15, 0.2) is 0 Å². The first-order chi connectivity index (χ1) is 7.91. The van der Waals surface area contributed by atoms with Crippen LogP contribution in [0.15, 0.2) is 0 Å². The maximum Gasteiger partial charge on any atom is 0.0521 e. The largest absolute Gasteiger partial charge is 0.396 e. The SMILES string of the molecule is CCCCCCCCCCCCSCCO. The highest BCUT2D eigenvalue weighted by Gasteiger charge is 1.93. The number of hydrogen-bond acceptors (Lipinski definition) is 2. The molecule has 0 radical (unpaired) electrons. The molecule has 0 amide bonds. The number of aliphatic hydroxyl groups is 1. The molecule has 1 nitrogen and oxygen atoms in total. The molecule has 1 N–H and O–H groups in total. The first kappa shape index (κ1) is 16.3. The van der Waals surface area contributed by atoms with E-state index in [1.807, 2.05) is 11.8 Å². The molecule has 0 saturated carbocycles. The molecule has 0 aliphatic heterocycles. The van der Waals surface area contributed by atoms with Crippen molar-refractivity contribution in [1.29, 1.82) is 0 Å². The van der Waals surface area contributed by atoms with E-state index in [0.717, 1.165) is 5.75 Å². The molecular formula is C14H30OS. The monoisotopic (exact) mass is 246 g/mol. The van der Waals surface area contributed by atoms with Crippen LogP contribution in [0.5, 0.6) is 0 Å². The third kappa shape index (κ3) is 14.3. The summed E-state index contributed by atoms with van der Waals surface area (Å²) in [6, 6.07) is 0. The third-order valence-electron chi connectivity index (χ3n) is 2.88. The molecule has 0 atom stereocenters. The van der Waals surface area contributed by atoms with Crippen molar-refractivity contribution >= 4 is 11.8 Å². The highest BCUT2D eigenvalue weighted by Crippen LogP contribution is 2.12. The van der Waals surface area contributed by atoms with Crippen molar-refractivity contribution in [3.63, 3.8) is 0 Å². The van der Waals surface area contributed by atoms with E-state index in [0.29, 0.717) is 6.61 Å². The standard InChI is InChI=1S/C14H30OS/c1-2-3-4-5-6-7-8-9-10-11-13-16-14-12-15/h15H,2-14H2,1H3. The van der Waals surface area contributed by atoms with E-state index in [-0.39, 0.29) is 0 Å². The van der Waals surface area contributed by atoms with E-state index >= 15 is 0 Å². The molecule has 0 fully saturated rings. The van der Waals surface area contributed by atoms with Gasteiger partial charge in [-0.1, -0.05) is 64.7 Å². The molecule has 16 heavy (non-hydrogen) atoms. The average Bonchev–Trinajstić information content (AvgIpc) is 2.31. The van der Waals surface area contributed by atoms with Crippen molar-refractivity contribution in [2.24, 2.45) is 0 Å². The van der Waals surface area contributed by atoms with Gasteiger partial charge in [0.05, 0.1) is 6.61 Å². The van der Waals surface area contributed by atoms with E-state index in [2.05, 4.69) is 6.92 Å². The Balaban J connectivity index is 2.83. The molecule has 0 saturated heterocycles. The Morgan fingerprint density at radius 3 is 1.69 bits per heavy atom. The van der Waals surface area contributed by atoms with Crippen LogP contribution in [0.3, 0.4) is 0 Å². The van der Waals surface area contributed by atoms with Crippen LogP contribution in [0.25, 0.3) is 0 Å². The lowest BCUT2D eigenvalue weighted by atomic mass is 10.1. The van der Waals surface area contributed by atoms with Gasteiger partial charge in [-0.05, 0) is 12.2 Å². The molecule has 0 unspecified atom stereocenters. The topological polar surface area (TPSA) is 20.2 Å². The van der Waals surface area contributed by atoms with Crippen molar-refractivity contribution in [2.45, 2.75) is 71.1 Å². The van der Waals surface area contributed by atoms with Gasteiger partial charge in [0.25, 0.3) is 0 Å². The highest BCUT2D eigenvalue weighted by molar-refractivity contribution is 7.99. The minimum Gasteiger partial charge on any atom is -0.396 e. The summed E-state index contributed by atoms with van der Waals surface area (Å²) in [7, 11) is 0. The van der Waals surface area contributed by atoms with Gasteiger partial charge in [0.1, 0.15) is 0 Å². The number of thioether (sulfide) groups is 1. The van der Waals surface area contributed by atoms with Crippen LogP contribution in [-0.4, -0.2) is 23.2 Å². The van der Waals surface area contributed by atoms with Gasteiger partial charge >= 0.3 is 0 Å². The van der Waals surface area contributed by atoms with E-state index in [1.165, 1.54) is 70.0 Å². The second-order valence-corrected chi connectivity index (χ2v) is 5.74. The van der Waals surface area contributed by atoms with Crippen molar-refractivity contribution in [3.8, 4) is 0 Å². The zero-order valence-corrected chi connectivity index (χ0v) is 11.9. The fourth-order valence-electron chi connectivity index (χ4n) is 1.86. The van der Waals surface area contributed by atoms with Crippen LogP contribution < -0.4 is 0 Å². The van der Waals surface area contributed by atoms with Gasteiger partial charge in [0.2, 0.25) is 0 Å². The van der Waals surface area contributed by atoms with Crippen molar-refractivity contribution in [3.05, 3.63) is 0 Å². The van der Waals surface area contributed by atoms with Gasteiger partial charge in [-0.3, -0.25) is 0 Å². The fourth-order valence-corrected chi connectivity index (χ4v) is 2.60. The molecule has 0 bridgehead atoms. The Labute approximate surface area is 106 Å². The number of unbranched alkanes of at least 4 members (excludes halogenated alkanes) is 9. The molecule has 0 heterocycles. The summed E-state index contributed by atoms with van der Waals surface area (Å²) >= 11 is 1.88. The van der Waals surface area contributed by atoms with Gasteiger partial charge in [-0.15, -0.1) is 0 Å². The zero-order chi connectivity index (χ0) is 11.9. The minimum absolute atomic E-state index is 0.336. The summed E-state index contributed by atoms with van der Waals surface area (Å²) in [5, 5.41) is 8.61. The Morgan fingerprint density at radius 1 is 0.688 bits per heavy atom. The predicted octanol–water partition coefficient (Wildman–Crippen LogP) is 4.63. The van der Waals surface area contributed by atoms with Crippen molar-refractivity contribution in [2.75, 3.05) is 18.1 Å². The average molecular weight is 246 g/mol. The van der Waals surface area contributed by atoms with Gasteiger partial charge in [0, 0.05) is 5.75 Å². The normalized spacial score (nSPS) is 10.9. The van der Waals surface area contributed by atoms with E-state index in [9.17, 15) is 0 Å². The maximum atomic E-state index is 8.61. The molecular weight excluding hydrogens is 216 g/mol. The molecule has 98 valence electrons. The summed E-state index contributed by atoms with van der Waals surface area (Å²) in [5.41, 5.74) is 0. The molecule has 0 aromatic heterocycles. The van der Waals surface area contributed by atoms with E-state index < -0.39 is 0 Å². The molecule has 0 spiro atoms. The predicted molar refractivity (Wildman–Crippen MR) is 76.3 cm³/mol. The first-order valence-corrected chi connectivity index (χ1v) is 8.26. The van der Waals surface area contributed by atoms with Crippen molar-refractivity contribution in [1.82, 2.24) is 0 Å². The van der Waals surface area contributed by atoms with E-state index in [4.69, 9.17) is 5.11 Å². The van der Waals surface area contributed by atoms with E-state index in [1.54, 1.807) is 0 Å². The number of aliphatic hydroxyl groups excluding tert-OH is 1. The summed E-state index contributed by atoms with van der Waals surface area (Å²) in [5.74, 6) is 2.15. The van der Waals surface area contributed by atoms with Crippen LogP contribution in [0.2, 0.25) is 0 Å². The lowest BCUT2D eigenvalue weighted by Crippen LogP contribution is -1.89. The Morgan fingerprint density at radius 2 is 1.19 bits per heavy atom. The third-order valence-corrected chi connectivity index (χ3v) is 3.93. The molecule has 0 rings (SSSR count). The molecule has 0 aliphatic rings. The van der Waals surface area contributed by atoms with Crippen LogP contribution in [0.1, 0.15) is 71.1 Å². The summed E-state index contributed by atoms with van der Waals surface area (Å²) < 4.78 is 0. The molecule has 0 aromatic carbocycles. The Kier molecular flexibility index (Phi) is 15.6. The van der Waals surface area contributed by atoms with Gasteiger partial charge < -0.3 is 5.11 Å². The molecule has 2 heteroatoms. The zero-order valence-electron chi connectivity index (χ0n) is 11.0. The maximum absolute atomic E-state index is 8.61. The molecule has 0 aliphatic carbocycles. The summed E-state index contributed by atoms with van der Waals surface area (Å²) in [4.78, 5) is 0. The number of hydrogen-bond donors (Lipinski definition) is 1. The first-order valence-electron chi connectivity index (χ1n) is 7.10. The summed E-state index contributed by atoms with van der Waals surface area (Å²) in [6.45, 7) is 2.61. The fraction of sp³-hybridized carbons (Fsp3) is 1.00. The summed E-state index contributed by atoms with van der Waals surface area (Å²) in [6.07, 6.45) is 14.1. The number of rotatable bonds is 13. The lowest BCUT2D eigenvalue weighted by Gasteiger charge is -2.02. The lowest BCUT2D eigenvalue weighted by molar-refractivity contribution is 0.322. The second-order valence-electron chi connectivity index (χ2n) is 4.52. The minimum atomic E-state index is 0.336. The molecule has 0 aromatic rings. The van der Waals surface area contributed by atoms with Crippen LogP contribution in [-0.2, 0) is 0 Å². The van der Waals surface area contributed by atoms with Gasteiger partial charge in [-0.25, -0.2) is 0 Å². The van der Waals surface area contributed by atoms with Gasteiger partial charge in [-0.2, -0.15) is 11.8 Å². The highest BCUT2D eigenvalue weighted by atomic mass is 32.2. The Hall–Kier alpha value is 0.310.